The van der Waals surface area contributed by atoms with E-state index in [-0.39, 0.29) is 0 Å². The van der Waals surface area contributed by atoms with Gasteiger partial charge in [-0.05, 0) is 44.7 Å². The van der Waals surface area contributed by atoms with Gasteiger partial charge < -0.3 is 10.1 Å². The van der Waals surface area contributed by atoms with Gasteiger partial charge in [-0.1, -0.05) is 42.5 Å². The van der Waals surface area contributed by atoms with Crippen molar-refractivity contribution in [1.29, 1.82) is 0 Å². The molecule has 22 heavy (non-hydrogen) atoms. The summed E-state index contributed by atoms with van der Waals surface area (Å²) in [7, 11) is 0. The predicted molar refractivity (Wildman–Crippen MR) is 89.8 cm³/mol. The van der Waals surface area contributed by atoms with Crippen molar-refractivity contribution in [2.75, 3.05) is 0 Å². The van der Waals surface area contributed by atoms with Crippen molar-refractivity contribution in [2.24, 2.45) is 0 Å². The number of benzene rings is 2. The van der Waals surface area contributed by atoms with Crippen LogP contribution in [0.25, 0.3) is 0 Å². The molecule has 2 aromatic rings. The molecular weight excluding hydrogens is 270 g/mol. The van der Waals surface area contributed by atoms with Gasteiger partial charge in [0.05, 0.1) is 6.10 Å². The molecule has 2 nitrogen and oxygen atoms in total. The number of para-hydroxylation sites is 1. The number of rotatable bonds is 6. The molecule has 0 heterocycles. The number of hydrogen-bond donors (Lipinski definition) is 1. The quantitative estimate of drug-likeness (QED) is 0.861. The SMILES string of the molecule is C[C@H]([NH2+]Cc1ccccc1OC1CCCC1)c1ccccc1. The molecule has 0 radical (unpaired) electrons. The summed E-state index contributed by atoms with van der Waals surface area (Å²) in [6, 6.07) is 19.6. The minimum atomic E-state index is 0.424. The third kappa shape index (κ3) is 3.89. The molecule has 0 amide bonds. The Hall–Kier alpha value is -1.80. The second kappa shape index (κ2) is 7.46. The number of quaternary nitrogens is 1. The van der Waals surface area contributed by atoms with E-state index in [1.807, 2.05) is 0 Å². The second-order valence-corrected chi connectivity index (χ2v) is 6.27. The smallest absolute Gasteiger partial charge is 0.128 e. The number of hydrogen-bond acceptors (Lipinski definition) is 1. The first-order valence-corrected chi connectivity index (χ1v) is 8.46. The van der Waals surface area contributed by atoms with Crippen molar-refractivity contribution in [1.82, 2.24) is 0 Å². The van der Waals surface area contributed by atoms with Gasteiger partial charge in [0.1, 0.15) is 18.3 Å². The van der Waals surface area contributed by atoms with Gasteiger partial charge in [0, 0.05) is 11.1 Å². The summed E-state index contributed by atoms with van der Waals surface area (Å²) in [5.74, 6) is 1.07. The predicted octanol–water partition coefficient (Wildman–Crippen LogP) is 3.83. The highest BCUT2D eigenvalue weighted by atomic mass is 16.5. The normalized spacial score (nSPS) is 16.6. The minimum Gasteiger partial charge on any atom is -0.490 e. The highest BCUT2D eigenvalue weighted by molar-refractivity contribution is 5.32. The fraction of sp³-hybridized carbons (Fsp3) is 0.400. The third-order valence-electron chi connectivity index (χ3n) is 4.59. The minimum absolute atomic E-state index is 0.424. The van der Waals surface area contributed by atoms with E-state index in [4.69, 9.17) is 4.74 Å². The molecule has 0 unspecified atom stereocenters. The Morgan fingerprint density at radius 3 is 2.45 bits per heavy atom. The van der Waals surface area contributed by atoms with Crippen LogP contribution in [0.5, 0.6) is 5.75 Å². The Morgan fingerprint density at radius 1 is 1.00 bits per heavy atom. The highest BCUT2D eigenvalue weighted by Gasteiger charge is 2.18. The first-order chi connectivity index (χ1) is 10.8. The lowest BCUT2D eigenvalue weighted by atomic mass is 10.1. The third-order valence-corrected chi connectivity index (χ3v) is 4.59. The first-order valence-electron chi connectivity index (χ1n) is 8.46. The molecule has 2 heteroatoms. The van der Waals surface area contributed by atoms with Gasteiger partial charge in [0.25, 0.3) is 0 Å². The summed E-state index contributed by atoms with van der Waals surface area (Å²) < 4.78 is 6.22. The van der Waals surface area contributed by atoms with Crippen LogP contribution in [0, 0.1) is 0 Å². The maximum Gasteiger partial charge on any atom is 0.128 e. The van der Waals surface area contributed by atoms with Gasteiger partial charge in [0.15, 0.2) is 0 Å². The lowest BCUT2D eigenvalue weighted by molar-refractivity contribution is -0.708. The van der Waals surface area contributed by atoms with E-state index in [1.54, 1.807) is 0 Å². The zero-order valence-electron chi connectivity index (χ0n) is 13.4. The van der Waals surface area contributed by atoms with Crippen molar-refractivity contribution < 1.29 is 10.1 Å². The van der Waals surface area contributed by atoms with E-state index in [0.717, 1.165) is 12.3 Å². The standard InChI is InChI=1S/C20H25NO/c1-16(17-9-3-2-4-10-17)21-15-18-11-5-8-14-20(18)22-19-12-6-7-13-19/h2-5,8-11,14,16,19,21H,6-7,12-13,15H2,1H3/p+1/t16-/m0/s1. The summed E-state index contributed by atoms with van der Waals surface area (Å²) in [5.41, 5.74) is 2.67. The van der Waals surface area contributed by atoms with E-state index < -0.39 is 0 Å². The summed E-state index contributed by atoms with van der Waals surface area (Å²) in [6.45, 7) is 3.22. The number of ether oxygens (including phenoxy) is 1. The van der Waals surface area contributed by atoms with E-state index in [0.29, 0.717) is 12.1 Å². The molecule has 1 aliphatic rings. The Labute approximate surface area is 133 Å². The maximum absolute atomic E-state index is 6.22. The van der Waals surface area contributed by atoms with Crippen molar-refractivity contribution >= 4 is 0 Å². The molecule has 2 N–H and O–H groups in total. The number of nitrogens with two attached hydrogens (primary N) is 1. The Morgan fingerprint density at radius 2 is 1.68 bits per heavy atom. The fourth-order valence-corrected chi connectivity index (χ4v) is 3.17. The second-order valence-electron chi connectivity index (χ2n) is 6.27. The average molecular weight is 296 g/mol. The van der Waals surface area contributed by atoms with Gasteiger partial charge in [-0.3, -0.25) is 0 Å². The van der Waals surface area contributed by atoms with Crippen molar-refractivity contribution in [3.8, 4) is 5.75 Å². The van der Waals surface area contributed by atoms with Crippen LogP contribution in [-0.2, 0) is 6.54 Å². The molecule has 0 aliphatic heterocycles. The topological polar surface area (TPSA) is 25.8 Å². The lowest BCUT2D eigenvalue weighted by Gasteiger charge is -2.17. The van der Waals surface area contributed by atoms with Gasteiger partial charge in [-0.25, -0.2) is 0 Å². The molecule has 0 saturated heterocycles. The maximum atomic E-state index is 6.22. The molecule has 1 atom stereocenters. The van der Waals surface area contributed by atoms with Crippen LogP contribution in [-0.4, -0.2) is 6.10 Å². The molecule has 0 bridgehead atoms. The van der Waals surface area contributed by atoms with Crippen LogP contribution in [0.2, 0.25) is 0 Å². The highest BCUT2D eigenvalue weighted by Crippen LogP contribution is 2.26. The molecule has 0 aromatic heterocycles. The summed E-state index contributed by atoms with van der Waals surface area (Å²) >= 11 is 0. The summed E-state index contributed by atoms with van der Waals surface area (Å²) in [4.78, 5) is 0. The van der Waals surface area contributed by atoms with Crippen LogP contribution in [0.4, 0.5) is 0 Å². The van der Waals surface area contributed by atoms with E-state index in [2.05, 4.69) is 66.8 Å². The molecule has 3 rings (SSSR count). The van der Waals surface area contributed by atoms with E-state index in [9.17, 15) is 0 Å². The van der Waals surface area contributed by atoms with Crippen LogP contribution in [0.3, 0.4) is 0 Å². The summed E-state index contributed by atoms with van der Waals surface area (Å²) in [6.07, 6.45) is 5.46. The average Bonchev–Trinajstić information content (AvgIpc) is 3.07. The molecule has 1 aliphatic carbocycles. The molecule has 1 saturated carbocycles. The molecule has 2 aromatic carbocycles. The van der Waals surface area contributed by atoms with Crippen molar-refractivity contribution in [3.05, 3.63) is 65.7 Å². The molecular formula is C20H26NO+. The fourth-order valence-electron chi connectivity index (χ4n) is 3.17. The zero-order valence-corrected chi connectivity index (χ0v) is 13.4. The van der Waals surface area contributed by atoms with Gasteiger partial charge in [-0.15, -0.1) is 0 Å². The molecule has 1 fully saturated rings. The van der Waals surface area contributed by atoms with Crippen LogP contribution in [0.1, 0.15) is 49.8 Å². The van der Waals surface area contributed by atoms with Gasteiger partial charge in [0.2, 0.25) is 0 Å². The van der Waals surface area contributed by atoms with Gasteiger partial charge in [-0.2, -0.15) is 0 Å². The van der Waals surface area contributed by atoms with Crippen LogP contribution < -0.4 is 10.1 Å². The summed E-state index contributed by atoms with van der Waals surface area (Å²) in [5, 5.41) is 2.38. The van der Waals surface area contributed by atoms with E-state index in [1.165, 1.54) is 36.8 Å². The molecule has 0 spiro atoms. The largest absolute Gasteiger partial charge is 0.490 e. The Kier molecular flexibility index (Phi) is 5.12. The monoisotopic (exact) mass is 296 g/mol. The first kappa shape index (κ1) is 15.1. The van der Waals surface area contributed by atoms with Gasteiger partial charge >= 0.3 is 0 Å². The van der Waals surface area contributed by atoms with Crippen LogP contribution in [0.15, 0.2) is 54.6 Å². The van der Waals surface area contributed by atoms with Crippen molar-refractivity contribution in [2.45, 2.75) is 51.3 Å². The van der Waals surface area contributed by atoms with E-state index >= 15 is 0 Å². The van der Waals surface area contributed by atoms with Crippen molar-refractivity contribution in [3.63, 3.8) is 0 Å². The van der Waals surface area contributed by atoms with Crippen LogP contribution >= 0.6 is 0 Å². The zero-order chi connectivity index (χ0) is 15.2. The Balaban J connectivity index is 1.62. The molecule has 116 valence electrons. The lowest BCUT2D eigenvalue weighted by Crippen LogP contribution is -2.83. The Bertz CT molecular complexity index is 575.